The standard InChI is InChI=1S/C17H26N2O3/c1-10-7-6-8-11(2)19(10)9-14(20)16-12(3)15(13(4)18-16)17(21)22-5/h10-11,18H,6-9H2,1-5H3. The van der Waals surface area contributed by atoms with Crippen LogP contribution < -0.4 is 0 Å². The highest BCUT2D eigenvalue weighted by atomic mass is 16.5. The van der Waals surface area contributed by atoms with Crippen LogP contribution in [0.2, 0.25) is 0 Å². The van der Waals surface area contributed by atoms with Gasteiger partial charge in [0.1, 0.15) is 0 Å². The number of ketones is 1. The molecule has 0 saturated carbocycles. The molecule has 5 heteroatoms. The molecule has 1 fully saturated rings. The van der Waals surface area contributed by atoms with E-state index in [9.17, 15) is 9.59 Å². The molecule has 1 aliphatic rings. The predicted octanol–water partition coefficient (Wildman–Crippen LogP) is 2.86. The molecule has 0 aromatic carbocycles. The van der Waals surface area contributed by atoms with Gasteiger partial charge in [0.2, 0.25) is 0 Å². The third-order valence-corrected chi connectivity index (χ3v) is 4.81. The zero-order valence-electron chi connectivity index (χ0n) is 14.2. The van der Waals surface area contributed by atoms with E-state index in [1.54, 1.807) is 13.8 Å². The monoisotopic (exact) mass is 306 g/mol. The first-order valence-electron chi connectivity index (χ1n) is 7.93. The number of Topliss-reactive ketones (excluding diaryl/α,β-unsaturated/α-hetero) is 1. The van der Waals surface area contributed by atoms with Crippen molar-refractivity contribution in [1.29, 1.82) is 0 Å². The largest absolute Gasteiger partial charge is 0.465 e. The third-order valence-electron chi connectivity index (χ3n) is 4.81. The van der Waals surface area contributed by atoms with E-state index >= 15 is 0 Å². The van der Waals surface area contributed by atoms with Crippen LogP contribution in [0.25, 0.3) is 0 Å². The summed E-state index contributed by atoms with van der Waals surface area (Å²) in [5, 5.41) is 0. The normalized spacial score (nSPS) is 22.6. The summed E-state index contributed by atoms with van der Waals surface area (Å²) in [6, 6.07) is 0.841. The number of likely N-dealkylation sites (tertiary alicyclic amines) is 1. The summed E-state index contributed by atoms with van der Waals surface area (Å²) in [7, 11) is 1.35. The smallest absolute Gasteiger partial charge is 0.339 e. The first-order chi connectivity index (χ1) is 10.4. The van der Waals surface area contributed by atoms with Gasteiger partial charge in [-0.3, -0.25) is 9.69 Å². The fourth-order valence-electron chi connectivity index (χ4n) is 3.47. The van der Waals surface area contributed by atoms with Gasteiger partial charge in [-0.1, -0.05) is 6.42 Å². The number of nitrogens with one attached hydrogen (secondary N) is 1. The summed E-state index contributed by atoms with van der Waals surface area (Å²) in [6.07, 6.45) is 3.49. The molecule has 0 amide bonds. The Morgan fingerprint density at radius 3 is 2.36 bits per heavy atom. The zero-order chi connectivity index (χ0) is 16.4. The molecule has 0 radical (unpaired) electrons. The van der Waals surface area contributed by atoms with E-state index in [1.165, 1.54) is 13.5 Å². The number of carbonyl (C=O) groups is 2. The number of hydrogen-bond acceptors (Lipinski definition) is 4. The fourth-order valence-corrected chi connectivity index (χ4v) is 3.47. The van der Waals surface area contributed by atoms with Crippen molar-refractivity contribution in [2.45, 2.75) is 59.0 Å². The van der Waals surface area contributed by atoms with Crippen molar-refractivity contribution in [3.05, 3.63) is 22.5 Å². The minimum Gasteiger partial charge on any atom is -0.465 e. The number of nitrogens with zero attached hydrogens (tertiary/aromatic N) is 1. The van der Waals surface area contributed by atoms with Gasteiger partial charge in [-0.2, -0.15) is 0 Å². The molecule has 2 rings (SSSR count). The summed E-state index contributed by atoms with van der Waals surface area (Å²) in [5.41, 5.74) is 2.38. The zero-order valence-corrected chi connectivity index (χ0v) is 14.2. The number of hydrogen-bond donors (Lipinski definition) is 1. The van der Waals surface area contributed by atoms with Crippen molar-refractivity contribution >= 4 is 11.8 Å². The second-order valence-electron chi connectivity index (χ2n) is 6.34. The number of esters is 1. The summed E-state index contributed by atoms with van der Waals surface area (Å²) in [5.74, 6) is -0.360. The van der Waals surface area contributed by atoms with Crippen LogP contribution >= 0.6 is 0 Å². The van der Waals surface area contributed by atoms with Crippen LogP contribution in [0.5, 0.6) is 0 Å². The number of rotatable bonds is 4. The van der Waals surface area contributed by atoms with Gasteiger partial charge in [0.25, 0.3) is 0 Å². The molecule has 122 valence electrons. The number of aromatic amines is 1. The summed E-state index contributed by atoms with van der Waals surface area (Å²) in [6.45, 7) is 8.34. The molecule has 2 unspecified atom stereocenters. The Bertz CT molecular complexity index is 567. The van der Waals surface area contributed by atoms with Crippen molar-refractivity contribution < 1.29 is 14.3 Å². The van der Waals surface area contributed by atoms with E-state index in [-0.39, 0.29) is 5.78 Å². The molecule has 1 aromatic rings. The second kappa shape index (κ2) is 6.65. The molecular weight excluding hydrogens is 280 g/mol. The van der Waals surface area contributed by atoms with Crippen molar-refractivity contribution in [2.75, 3.05) is 13.7 Å². The average Bonchev–Trinajstić information content (AvgIpc) is 2.77. The lowest BCUT2D eigenvalue weighted by Crippen LogP contribution is -2.46. The Balaban J connectivity index is 2.21. The highest BCUT2D eigenvalue weighted by molar-refractivity contribution is 6.02. The molecular formula is C17H26N2O3. The lowest BCUT2D eigenvalue weighted by Gasteiger charge is -2.38. The number of carbonyl (C=O) groups excluding carboxylic acids is 2. The summed E-state index contributed by atoms with van der Waals surface area (Å²) >= 11 is 0. The fraction of sp³-hybridized carbons (Fsp3) is 0.647. The minimum atomic E-state index is -0.398. The lowest BCUT2D eigenvalue weighted by molar-refractivity contribution is 0.0599. The van der Waals surface area contributed by atoms with Gasteiger partial charge >= 0.3 is 5.97 Å². The number of aromatic nitrogens is 1. The van der Waals surface area contributed by atoms with E-state index in [1.807, 2.05) is 0 Å². The van der Waals surface area contributed by atoms with Gasteiger partial charge in [0.15, 0.2) is 5.78 Å². The first kappa shape index (κ1) is 16.7. The molecule has 0 aliphatic carbocycles. The Labute approximate surface area is 132 Å². The molecule has 22 heavy (non-hydrogen) atoms. The molecule has 1 N–H and O–H groups in total. The van der Waals surface area contributed by atoms with E-state index in [2.05, 4.69) is 23.7 Å². The van der Waals surface area contributed by atoms with Gasteiger partial charge in [-0.25, -0.2) is 4.79 Å². The Morgan fingerprint density at radius 2 is 1.82 bits per heavy atom. The van der Waals surface area contributed by atoms with Crippen LogP contribution in [0.15, 0.2) is 0 Å². The van der Waals surface area contributed by atoms with Crippen LogP contribution in [-0.4, -0.2) is 47.4 Å². The molecule has 2 atom stereocenters. The first-order valence-corrected chi connectivity index (χ1v) is 7.93. The van der Waals surface area contributed by atoms with Gasteiger partial charge in [0, 0.05) is 17.8 Å². The maximum atomic E-state index is 12.7. The predicted molar refractivity (Wildman–Crippen MR) is 85.4 cm³/mol. The average molecular weight is 306 g/mol. The van der Waals surface area contributed by atoms with E-state index in [4.69, 9.17) is 4.74 Å². The SMILES string of the molecule is COC(=O)c1c(C)[nH]c(C(=O)CN2C(C)CCCC2C)c1C. The molecule has 1 saturated heterocycles. The maximum Gasteiger partial charge on any atom is 0.339 e. The van der Waals surface area contributed by atoms with Crippen molar-refractivity contribution in [2.24, 2.45) is 0 Å². The van der Waals surface area contributed by atoms with E-state index in [0.29, 0.717) is 41.1 Å². The number of methoxy groups -OCH3 is 1. The van der Waals surface area contributed by atoms with Crippen LogP contribution in [-0.2, 0) is 4.74 Å². The van der Waals surface area contributed by atoms with Crippen molar-refractivity contribution in [1.82, 2.24) is 9.88 Å². The van der Waals surface area contributed by atoms with E-state index in [0.717, 1.165) is 12.8 Å². The Morgan fingerprint density at radius 1 is 1.23 bits per heavy atom. The third kappa shape index (κ3) is 3.09. The summed E-state index contributed by atoms with van der Waals surface area (Å²) < 4.78 is 4.79. The number of ether oxygens (including phenoxy) is 1. The van der Waals surface area contributed by atoms with Crippen LogP contribution in [0.1, 0.15) is 65.2 Å². The van der Waals surface area contributed by atoms with Gasteiger partial charge in [0.05, 0.1) is 24.9 Å². The van der Waals surface area contributed by atoms with Crippen LogP contribution in [0.4, 0.5) is 0 Å². The molecule has 1 aromatic heterocycles. The Hall–Kier alpha value is -1.62. The second-order valence-corrected chi connectivity index (χ2v) is 6.34. The highest BCUT2D eigenvalue weighted by Gasteiger charge is 2.29. The summed E-state index contributed by atoms with van der Waals surface area (Å²) in [4.78, 5) is 29.8. The molecule has 1 aliphatic heterocycles. The lowest BCUT2D eigenvalue weighted by atomic mass is 9.96. The van der Waals surface area contributed by atoms with E-state index < -0.39 is 5.97 Å². The quantitative estimate of drug-likeness (QED) is 0.686. The topological polar surface area (TPSA) is 62.4 Å². The molecule has 0 bridgehead atoms. The Kier molecular flexibility index (Phi) is 5.06. The van der Waals surface area contributed by atoms with Crippen LogP contribution in [0.3, 0.4) is 0 Å². The van der Waals surface area contributed by atoms with Crippen LogP contribution in [0, 0.1) is 13.8 Å². The minimum absolute atomic E-state index is 0.0383. The van der Waals surface area contributed by atoms with Gasteiger partial charge in [-0.15, -0.1) is 0 Å². The van der Waals surface area contributed by atoms with Gasteiger partial charge < -0.3 is 9.72 Å². The maximum absolute atomic E-state index is 12.7. The molecule has 0 spiro atoms. The molecule has 2 heterocycles. The van der Waals surface area contributed by atoms with Crippen molar-refractivity contribution in [3.63, 3.8) is 0 Å². The van der Waals surface area contributed by atoms with Crippen molar-refractivity contribution in [3.8, 4) is 0 Å². The number of piperidine rings is 1. The number of aryl methyl sites for hydroxylation is 1. The van der Waals surface area contributed by atoms with Gasteiger partial charge in [-0.05, 0) is 46.1 Å². The number of H-pyrrole nitrogens is 1. The highest BCUT2D eigenvalue weighted by Crippen LogP contribution is 2.24. The molecule has 5 nitrogen and oxygen atoms in total.